The molecule has 35 heavy (non-hydrogen) atoms. The summed E-state index contributed by atoms with van der Waals surface area (Å²) in [6.45, 7) is 4.53. The first-order chi connectivity index (χ1) is 16.9. The Morgan fingerprint density at radius 2 is 1.83 bits per heavy atom. The summed E-state index contributed by atoms with van der Waals surface area (Å²) in [4.78, 5) is 28.5. The van der Waals surface area contributed by atoms with Crippen molar-refractivity contribution in [3.05, 3.63) is 108 Å². The lowest BCUT2D eigenvalue weighted by Gasteiger charge is -2.15. The van der Waals surface area contributed by atoms with Crippen LogP contribution in [-0.4, -0.2) is 39.1 Å². The first kappa shape index (κ1) is 24.1. The number of ketones is 1. The number of fused-ring (bicyclic) bond motifs is 1. The van der Waals surface area contributed by atoms with Gasteiger partial charge in [-0.2, -0.15) is 0 Å². The van der Waals surface area contributed by atoms with E-state index in [-0.39, 0.29) is 18.3 Å². The van der Waals surface area contributed by atoms with Gasteiger partial charge in [0.15, 0.2) is 11.9 Å². The van der Waals surface area contributed by atoms with Crippen LogP contribution in [0.3, 0.4) is 0 Å². The van der Waals surface area contributed by atoms with Crippen LogP contribution in [0.25, 0.3) is 17.0 Å². The van der Waals surface area contributed by atoms with Gasteiger partial charge in [0.25, 0.3) is 0 Å². The number of para-hydroxylation sites is 1. The molecule has 1 atom stereocenters. The van der Waals surface area contributed by atoms with Crippen molar-refractivity contribution in [2.45, 2.75) is 26.5 Å². The molecule has 2 heterocycles. The Balaban J connectivity index is 1.35. The van der Waals surface area contributed by atoms with Crippen molar-refractivity contribution >= 4 is 28.7 Å². The van der Waals surface area contributed by atoms with Crippen LogP contribution in [0.1, 0.15) is 40.9 Å². The molecule has 0 saturated heterocycles. The van der Waals surface area contributed by atoms with Gasteiger partial charge in [-0.25, -0.2) is 4.79 Å². The van der Waals surface area contributed by atoms with Gasteiger partial charge in [0.1, 0.15) is 0 Å². The molecular formula is C29H28N2O4. The lowest BCUT2D eigenvalue weighted by molar-refractivity contribution is -0.152. The lowest BCUT2D eigenvalue weighted by atomic mass is 10.1. The van der Waals surface area contributed by atoms with Crippen LogP contribution < -0.4 is 0 Å². The summed E-state index contributed by atoms with van der Waals surface area (Å²) in [5.41, 5.74) is 4.17. The van der Waals surface area contributed by atoms with E-state index in [1.807, 2.05) is 104 Å². The molecule has 0 aliphatic rings. The van der Waals surface area contributed by atoms with Crippen LogP contribution in [0.4, 0.5) is 0 Å². The van der Waals surface area contributed by atoms with Gasteiger partial charge in [-0.05, 0) is 35.2 Å². The van der Waals surface area contributed by atoms with Crippen molar-refractivity contribution in [2.75, 3.05) is 6.61 Å². The van der Waals surface area contributed by atoms with E-state index < -0.39 is 12.1 Å². The number of hydrogen-bond donors (Lipinski definition) is 1. The monoisotopic (exact) mass is 468 g/mol. The van der Waals surface area contributed by atoms with Crippen LogP contribution >= 0.6 is 0 Å². The van der Waals surface area contributed by atoms with Gasteiger partial charge in [0, 0.05) is 41.6 Å². The van der Waals surface area contributed by atoms with Gasteiger partial charge in [0.2, 0.25) is 0 Å². The molecule has 0 aliphatic carbocycles. The average molecular weight is 469 g/mol. The van der Waals surface area contributed by atoms with E-state index >= 15 is 0 Å². The summed E-state index contributed by atoms with van der Waals surface area (Å²) < 4.78 is 7.43. The van der Waals surface area contributed by atoms with E-state index in [2.05, 4.69) is 4.98 Å². The molecule has 0 aliphatic heterocycles. The van der Waals surface area contributed by atoms with E-state index in [0.29, 0.717) is 17.7 Å². The second kappa shape index (κ2) is 10.9. The predicted molar refractivity (Wildman–Crippen MR) is 136 cm³/mol. The molecule has 0 amide bonds. The summed E-state index contributed by atoms with van der Waals surface area (Å²) in [6, 6.07) is 19.5. The second-order valence-corrected chi connectivity index (χ2v) is 8.80. The number of rotatable bonds is 10. The third-order valence-corrected chi connectivity index (χ3v) is 5.74. The minimum Gasteiger partial charge on any atom is -0.479 e. The van der Waals surface area contributed by atoms with Crippen molar-refractivity contribution in [2.24, 2.45) is 5.92 Å². The second-order valence-electron chi connectivity index (χ2n) is 8.80. The normalized spacial score (nSPS) is 12.4. The molecule has 6 nitrogen and oxygen atoms in total. The Hall–Kier alpha value is -4.03. The Morgan fingerprint density at radius 3 is 2.57 bits per heavy atom. The zero-order valence-corrected chi connectivity index (χ0v) is 19.8. The maximum atomic E-state index is 12.9. The Kier molecular flexibility index (Phi) is 7.53. The molecule has 6 heteroatoms. The van der Waals surface area contributed by atoms with Crippen molar-refractivity contribution < 1.29 is 19.4 Å². The van der Waals surface area contributed by atoms with Crippen LogP contribution in [0.5, 0.6) is 0 Å². The molecule has 2 aromatic heterocycles. The molecule has 0 bridgehead atoms. The summed E-state index contributed by atoms with van der Waals surface area (Å²) in [5.74, 6) is -1.08. The molecule has 0 spiro atoms. The fourth-order valence-corrected chi connectivity index (χ4v) is 3.87. The van der Waals surface area contributed by atoms with Gasteiger partial charge in [0.05, 0.1) is 12.1 Å². The van der Waals surface area contributed by atoms with E-state index in [1.54, 1.807) is 6.20 Å². The van der Waals surface area contributed by atoms with Crippen LogP contribution in [-0.2, 0) is 16.1 Å². The highest BCUT2D eigenvalue weighted by Crippen LogP contribution is 2.17. The average Bonchev–Trinajstić information content (AvgIpc) is 3.32. The first-order valence-corrected chi connectivity index (χ1v) is 11.6. The van der Waals surface area contributed by atoms with Crippen molar-refractivity contribution in [1.29, 1.82) is 0 Å². The smallest absolute Gasteiger partial charge is 0.333 e. The van der Waals surface area contributed by atoms with Crippen molar-refractivity contribution in [3.8, 4) is 0 Å². The largest absolute Gasteiger partial charge is 0.479 e. The maximum Gasteiger partial charge on any atom is 0.333 e. The van der Waals surface area contributed by atoms with Gasteiger partial charge < -0.3 is 14.4 Å². The fraction of sp³-hybridized carbons (Fsp3) is 0.207. The van der Waals surface area contributed by atoms with E-state index in [4.69, 9.17) is 9.84 Å². The van der Waals surface area contributed by atoms with Crippen LogP contribution in [0, 0.1) is 5.92 Å². The minimum atomic E-state index is -0.943. The quantitative estimate of drug-likeness (QED) is 0.313. The molecule has 0 unspecified atom stereocenters. The number of aliphatic carboxylic acids is 1. The number of benzene rings is 2. The molecule has 0 saturated carbocycles. The van der Waals surface area contributed by atoms with Crippen LogP contribution in [0.15, 0.2) is 85.3 Å². The third-order valence-electron chi connectivity index (χ3n) is 5.74. The van der Waals surface area contributed by atoms with Crippen molar-refractivity contribution in [1.82, 2.24) is 9.55 Å². The van der Waals surface area contributed by atoms with Crippen molar-refractivity contribution in [3.63, 3.8) is 0 Å². The van der Waals surface area contributed by atoms with E-state index in [9.17, 15) is 9.59 Å². The standard InChI is InChI=1S/C29H28N2O4/c1-20(2)28(29(33)34)35-15-5-6-21-9-11-22(12-10-21)18-31-14-13-24(19-31)27(32)25-16-23-7-3-4-8-26(23)30-17-25/h3-14,16-17,19-20,28H,15,18H2,1-2H3,(H,33,34)/t28-/m1/s1. The van der Waals surface area contributed by atoms with Gasteiger partial charge in [-0.15, -0.1) is 0 Å². The summed E-state index contributed by atoms with van der Waals surface area (Å²) in [6.07, 6.45) is 8.31. The van der Waals surface area contributed by atoms with E-state index in [0.717, 1.165) is 22.0 Å². The SMILES string of the molecule is CC(C)[C@@H](OCC=Cc1ccc(Cn2ccc(C(=O)c3cnc4ccccc4c3)c2)cc1)C(=O)O. The minimum absolute atomic E-state index is 0.0488. The molecule has 178 valence electrons. The highest BCUT2D eigenvalue weighted by Gasteiger charge is 2.21. The predicted octanol–water partition coefficient (Wildman–Crippen LogP) is 5.45. The molecule has 1 N–H and O–H groups in total. The maximum absolute atomic E-state index is 12.9. The van der Waals surface area contributed by atoms with Gasteiger partial charge in [-0.1, -0.05) is 68.5 Å². The molecule has 0 fully saturated rings. The first-order valence-electron chi connectivity index (χ1n) is 11.6. The van der Waals surface area contributed by atoms with Crippen LogP contribution in [0.2, 0.25) is 0 Å². The number of ether oxygens (including phenoxy) is 1. The Morgan fingerprint density at radius 1 is 1.06 bits per heavy atom. The number of carboxylic acids is 1. The number of pyridine rings is 1. The topological polar surface area (TPSA) is 81.4 Å². The zero-order chi connectivity index (χ0) is 24.8. The number of carboxylic acid groups (broad SMARTS) is 1. The number of nitrogens with zero attached hydrogens (tertiary/aromatic N) is 2. The highest BCUT2D eigenvalue weighted by atomic mass is 16.5. The highest BCUT2D eigenvalue weighted by molar-refractivity contribution is 6.10. The number of aromatic nitrogens is 2. The molecule has 4 rings (SSSR count). The number of carbonyl (C=O) groups is 2. The summed E-state index contributed by atoms with van der Waals surface area (Å²) in [7, 11) is 0. The Bertz CT molecular complexity index is 1350. The molecule has 0 radical (unpaired) electrons. The summed E-state index contributed by atoms with van der Waals surface area (Å²) >= 11 is 0. The number of hydrogen-bond acceptors (Lipinski definition) is 4. The van der Waals surface area contributed by atoms with Gasteiger partial charge >= 0.3 is 5.97 Å². The molecule has 2 aromatic carbocycles. The zero-order valence-electron chi connectivity index (χ0n) is 19.8. The van der Waals surface area contributed by atoms with E-state index in [1.165, 1.54) is 0 Å². The Labute approximate surface area is 204 Å². The lowest BCUT2D eigenvalue weighted by Crippen LogP contribution is -2.29. The summed E-state index contributed by atoms with van der Waals surface area (Å²) in [5, 5.41) is 10.1. The van der Waals surface area contributed by atoms with Gasteiger partial charge in [-0.3, -0.25) is 9.78 Å². The molecule has 4 aromatic rings. The molecular weight excluding hydrogens is 440 g/mol. The third kappa shape index (κ3) is 6.11. The fourth-order valence-electron chi connectivity index (χ4n) is 3.87. The number of carbonyl (C=O) groups excluding carboxylic acids is 1.